The minimum absolute atomic E-state index is 0.896. The van der Waals surface area contributed by atoms with E-state index in [1.807, 2.05) is 23.5 Å². The number of hydrogen-bond donors (Lipinski definition) is 0. The van der Waals surface area contributed by atoms with Gasteiger partial charge in [0, 0.05) is 47.9 Å². The topological polar surface area (TPSA) is 16.4 Å². The molecule has 10 aromatic carbocycles. The number of para-hydroxylation sites is 2. The Labute approximate surface area is 357 Å². The van der Waals surface area contributed by atoms with Crippen LogP contribution in [0.3, 0.4) is 0 Å². The van der Waals surface area contributed by atoms with E-state index in [9.17, 15) is 0 Å². The molecule has 0 unspecified atom stereocenters. The third-order valence-corrected chi connectivity index (χ3v) is 13.3. The van der Waals surface area contributed by atoms with Gasteiger partial charge in [-0.25, -0.2) is 0 Å². The largest absolute Gasteiger partial charge is 0.456 e. The van der Waals surface area contributed by atoms with Crippen molar-refractivity contribution in [3.05, 3.63) is 224 Å². The molecule has 2 heterocycles. The molecule has 0 saturated heterocycles. The Morgan fingerprint density at radius 1 is 0.328 bits per heavy atom. The Hall–Kier alpha value is -7.72. The summed E-state index contributed by atoms with van der Waals surface area (Å²) in [4.78, 5) is 2.43. The van der Waals surface area contributed by atoms with Gasteiger partial charge in [0.2, 0.25) is 0 Å². The standard InChI is InChI=1S/C58H37NOS/c1-2-22-46-38(14-1)15-12-27-48(46)49-23-3-6-29-54(49)59(45-21-11-18-41(36-45)42-32-33-56-53(37-42)50-24-4-7-30-55(50)60-56)44-20-10-17-40(35-44)39-16-9-19-43(34-39)47-26-13-28-52-51-25-5-8-31-57(51)61-58(47)52/h1-37H. The first-order chi connectivity index (χ1) is 30.2. The van der Waals surface area contributed by atoms with Gasteiger partial charge in [0.05, 0.1) is 5.69 Å². The van der Waals surface area contributed by atoms with E-state index in [0.29, 0.717) is 0 Å². The molecule has 0 N–H and O–H groups in total. The molecule has 0 radical (unpaired) electrons. The van der Waals surface area contributed by atoms with Crippen molar-refractivity contribution in [1.82, 2.24) is 0 Å². The number of fused-ring (bicyclic) bond motifs is 7. The van der Waals surface area contributed by atoms with E-state index >= 15 is 0 Å². The normalized spacial score (nSPS) is 11.6. The lowest BCUT2D eigenvalue weighted by Gasteiger charge is -2.29. The van der Waals surface area contributed by atoms with Crippen LogP contribution in [0.5, 0.6) is 0 Å². The third kappa shape index (κ3) is 6.09. The Morgan fingerprint density at radius 2 is 0.885 bits per heavy atom. The number of anilines is 3. The zero-order valence-electron chi connectivity index (χ0n) is 33.1. The summed E-state index contributed by atoms with van der Waals surface area (Å²) in [5, 5.41) is 7.32. The van der Waals surface area contributed by atoms with Crippen molar-refractivity contribution >= 4 is 81.3 Å². The highest BCUT2D eigenvalue weighted by Gasteiger charge is 2.20. The summed E-state index contributed by atoms with van der Waals surface area (Å²) >= 11 is 1.88. The van der Waals surface area contributed by atoms with Crippen molar-refractivity contribution in [1.29, 1.82) is 0 Å². The van der Waals surface area contributed by atoms with Crippen LogP contribution in [0.4, 0.5) is 17.1 Å². The number of hydrogen-bond acceptors (Lipinski definition) is 3. The van der Waals surface area contributed by atoms with Gasteiger partial charge in [0.25, 0.3) is 0 Å². The Balaban J connectivity index is 1.02. The molecular weight excluding hydrogens is 759 g/mol. The minimum atomic E-state index is 0.896. The maximum atomic E-state index is 6.21. The van der Waals surface area contributed by atoms with Gasteiger partial charge in [-0.2, -0.15) is 0 Å². The average molecular weight is 796 g/mol. The quantitative estimate of drug-likeness (QED) is 0.160. The summed E-state index contributed by atoms with van der Waals surface area (Å²) in [6, 6.07) is 81.3. The van der Waals surface area contributed by atoms with Crippen LogP contribution in [0.25, 0.3) is 97.4 Å². The molecule has 12 aromatic rings. The van der Waals surface area contributed by atoms with Crippen molar-refractivity contribution in [2.24, 2.45) is 0 Å². The zero-order chi connectivity index (χ0) is 40.3. The first kappa shape index (κ1) is 35.2. The molecule has 0 atom stereocenters. The number of rotatable bonds is 7. The van der Waals surface area contributed by atoms with Crippen LogP contribution in [0.1, 0.15) is 0 Å². The lowest BCUT2D eigenvalue weighted by atomic mass is 9.95. The van der Waals surface area contributed by atoms with E-state index in [2.05, 4.69) is 217 Å². The van der Waals surface area contributed by atoms with E-state index < -0.39 is 0 Å². The molecule has 286 valence electrons. The molecule has 0 aliphatic rings. The van der Waals surface area contributed by atoms with Crippen molar-refractivity contribution in [3.63, 3.8) is 0 Å². The highest BCUT2D eigenvalue weighted by atomic mass is 32.1. The van der Waals surface area contributed by atoms with Crippen molar-refractivity contribution < 1.29 is 4.42 Å². The first-order valence-electron chi connectivity index (χ1n) is 20.7. The zero-order valence-corrected chi connectivity index (χ0v) is 33.9. The fraction of sp³-hybridized carbons (Fsp3) is 0. The molecule has 0 fully saturated rings. The van der Waals surface area contributed by atoms with Crippen LogP contribution in [0.2, 0.25) is 0 Å². The predicted molar refractivity (Wildman–Crippen MR) is 261 cm³/mol. The fourth-order valence-corrected chi connectivity index (χ4v) is 10.4. The van der Waals surface area contributed by atoms with Gasteiger partial charge in [-0.1, -0.05) is 164 Å². The molecule has 0 aliphatic carbocycles. The molecule has 3 heteroatoms. The van der Waals surface area contributed by atoms with E-state index in [4.69, 9.17) is 4.42 Å². The van der Waals surface area contributed by atoms with Crippen LogP contribution in [0.15, 0.2) is 229 Å². The highest BCUT2D eigenvalue weighted by molar-refractivity contribution is 7.26. The molecule has 2 nitrogen and oxygen atoms in total. The smallest absolute Gasteiger partial charge is 0.135 e. The second-order valence-electron chi connectivity index (χ2n) is 15.7. The van der Waals surface area contributed by atoms with E-state index in [1.54, 1.807) is 0 Å². The molecule has 0 spiro atoms. The summed E-state index contributed by atoms with van der Waals surface area (Å²) < 4.78 is 8.85. The number of nitrogens with zero attached hydrogens (tertiary/aromatic N) is 1. The molecule has 61 heavy (non-hydrogen) atoms. The van der Waals surface area contributed by atoms with Gasteiger partial charge in [-0.05, 0) is 110 Å². The van der Waals surface area contributed by atoms with E-state index in [-0.39, 0.29) is 0 Å². The Bertz CT molecular complexity index is 3620. The fourth-order valence-electron chi connectivity index (χ4n) is 9.18. The summed E-state index contributed by atoms with van der Waals surface area (Å²) in [5.41, 5.74) is 14.5. The monoisotopic (exact) mass is 795 g/mol. The lowest BCUT2D eigenvalue weighted by molar-refractivity contribution is 0.669. The SMILES string of the molecule is c1cc(-c2cccc(N(c3cccc(-c4ccc5oc6ccccc6c5c4)c3)c3ccccc3-c3cccc4ccccc34)c2)cc(-c2cccc3c2sc2ccccc23)c1. The summed E-state index contributed by atoms with van der Waals surface area (Å²) in [5.74, 6) is 0. The Kier molecular flexibility index (Phi) is 8.39. The summed E-state index contributed by atoms with van der Waals surface area (Å²) in [6.07, 6.45) is 0. The van der Waals surface area contributed by atoms with Crippen molar-refractivity contribution in [2.75, 3.05) is 4.90 Å². The van der Waals surface area contributed by atoms with Crippen LogP contribution < -0.4 is 4.90 Å². The van der Waals surface area contributed by atoms with Gasteiger partial charge >= 0.3 is 0 Å². The average Bonchev–Trinajstić information content (AvgIpc) is 3.90. The van der Waals surface area contributed by atoms with Crippen molar-refractivity contribution in [2.45, 2.75) is 0 Å². The van der Waals surface area contributed by atoms with Gasteiger partial charge in [-0.15, -0.1) is 11.3 Å². The van der Waals surface area contributed by atoms with Crippen LogP contribution in [-0.2, 0) is 0 Å². The number of thiophene rings is 1. The number of furan rings is 1. The van der Waals surface area contributed by atoms with E-state index in [0.717, 1.165) is 55.7 Å². The lowest BCUT2D eigenvalue weighted by Crippen LogP contribution is -2.11. The Morgan fingerprint density at radius 3 is 1.74 bits per heavy atom. The van der Waals surface area contributed by atoms with Gasteiger partial charge in [0.15, 0.2) is 0 Å². The molecule has 0 amide bonds. The second-order valence-corrected chi connectivity index (χ2v) is 16.7. The molecule has 0 saturated carbocycles. The number of benzene rings is 10. The molecular formula is C58H37NOS. The van der Waals surface area contributed by atoms with Gasteiger partial charge < -0.3 is 9.32 Å². The molecule has 0 aliphatic heterocycles. The summed E-state index contributed by atoms with van der Waals surface area (Å²) in [7, 11) is 0. The van der Waals surface area contributed by atoms with Gasteiger partial charge in [-0.3, -0.25) is 0 Å². The molecule has 12 rings (SSSR count). The van der Waals surface area contributed by atoms with Crippen molar-refractivity contribution in [3.8, 4) is 44.5 Å². The maximum absolute atomic E-state index is 6.21. The maximum Gasteiger partial charge on any atom is 0.135 e. The van der Waals surface area contributed by atoms with Gasteiger partial charge in [0.1, 0.15) is 11.2 Å². The second kappa shape index (κ2) is 14.5. The van der Waals surface area contributed by atoms with Crippen LogP contribution in [0, 0.1) is 0 Å². The van der Waals surface area contributed by atoms with E-state index in [1.165, 1.54) is 58.8 Å². The third-order valence-electron chi connectivity index (χ3n) is 12.1. The first-order valence-corrected chi connectivity index (χ1v) is 21.6. The minimum Gasteiger partial charge on any atom is -0.456 e. The summed E-state index contributed by atoms with van der Waals surface area (Å²) in [6.45, 7) is 0. The van der Waals surface area contributed by atoms with Crippen LogP contribution >= 0.6 is 11.3 Å². The highest BCUT2D eigenvalue weighted by Crippen LogP contribution is 2.45. The molecule has 2 aromatic heterocycles. The van der Waals surface area contributed by atoms with Crippen LogP contribution in [-0.4, -0.2) is 0 Å². The predicted octanol–water partition coefficient (Wildman–Crippen LogP) is 17.2. The molecule has 0 bridgehead atoms.